The molecule has 0 aliphatic carbocycles. The Kier molecular flexibility index (Phi) is 9.17. The van der Waals surface area contributed by atoms with Crippen molar-refractivity contribution >= 4 is 75.7 Å². The molecule has 0 saturated heterocycles. The van der Waals surface area contributed by atoms with Gasteiger partial charge in [-0.05, 0) is 113 Å². The number of hydrogen-bond donors (Lipinski definition) is 0. The average molecular weight is 889 g/mol. The Hall–Kier alpha value is -9.38. The maximum Gasteiger partial charge on any atom is 0.160 e. The summed E-state index contributed by atoms with van der Waals surface area (Å²) >= 11 is 0. The van der Waals surface area contributed by atoms with Crippen LogP contribution in [0.2, 0.25) is 0 Å². The molecular weight excluding hydrogens is 849 g/mol. The van der Waals surface area contributed by atoms with Crippen molar-refractivity contribution in [2.45, 2.75) is 0 Å². The highest BCUT2D eigenvalue weighted by Crippen LogP contribution is 2.41. The molecule has 2 heterocycles. The summed E-state index contributed by atoms with van der Waals surface area (Å²) in [4.78, 5) is 21.3. The molecule has 4 nitrogen and oxygen atoms in total. The van der Waals surface area contributed by atoms with Crippen LogP contribution in [-0.2, 0) is 0 Å². The minimum atomic E-state index is 0.682. The summed E-state index contributed by atoms with van der Waals surface area (Å²) in [5.74, 6) is 1.36. The molecule has 0 aliphatic rings. The third kappa shape index (κ3) is 6.69. The summed E-state index contributed by atoms with van der Waals surface area (Å²) in [5.41, 5.74) is 12.1. The van der Waals surface area contributed by atoms with E-state index in [0.29, 0.717) is 11.6 Å². The standard InChI is InChI=1S/C66H40N4/c1-3-19-51-41(13-1)27-29-47-37-45(31-33-53(47)51)43-15-11-17-49(39-43)65-67-61-25-9-7-23-59(61)63(69-65)57-35-36-58(56-22-6-5-21-55(56)57)64-60-24-8-10-26-62(60)68-66(70-64)50-18-12-16-44(40-50)46-32-34-54-48(38-46)30-28-42-14-2-4-20-52(42)54/h1-40H. The highest BCUT2D eigenvalue weighted by atomic mass is 14.9. The Labute approximate surface area is 403 Å². The molecule has 0 saturated carbocycles. The molecule has 12 aromatic carbocycles. The second-order valence-electron chi connectivity index (χ2n) is 18.1. The van der Waals surface area contributed by atoms with Gasteiger partial charge in [0.1, 0.15) is 0 Å². The summed E-state index contributed by atoms with van der Waals surface area (Å²) in [7, 11) is 0. The van der Waals surface area contributed by atoms with E-state index in [1.54, 1.807) is 0 Å². The minimum absolute atomic E-state index is 0.682. The molecular formula is C66H40N4. The molecule has 0 N–H and O–H groups in total. The van der Waals surface area contributed by atoms with Gasteiger partial charge in [0, 0.05) is 33.0 Å². The van der Waals surface area contributed by atoms with Gasteiger partial charge in [0.15, 0.2) is 11.6 Å². The number of para-hydroxylation sites is 2. The van der Waals surface area contributed by atoms with Crippen molar-refractivity contribution in [1.29, 1.82) is 0 Å². The first-order chi connectivity index (χ1) is 34.7. The number of nitrogens with zero attached hydrogens (tertiary/aromatic N) is 4. The summed E-state index contributed by atoms with van der Waals surface area (Å²) in [6, 6.07) is 86.5. The molecule has 324 valence electrons. The van der Waals surface area contributed by atoms with E-state index in [2.05, 4.69) is 243 Å². The summed E-state index contributed by atoms with van der Waals surface area (Å²) in [6.45, 7) is 0. The normalized spacial score (nSPS) is 11.7. The average Bonchev–Trinajstić information content (AvgIpc) is 3.44. The fraction of sp³-hybridized carbons (Fsp3) is 0. The summed E-state index contributed by atoms with van der Waals surface area (Å²) < 4.78 is 0. The molecule has 0 spiro atoms. The maximum atomic E-state index is 5.44. The third-order valence-corrected chi connectivity index (χ3v) is 14.0. The van der Waals surface area contributed by atoms with E-state index >= 15 is 0 Å². The molecule has 0 amide bonds. The molecule has 2 aromatic heterocycles. The Morgan fingerprint density at radius 3 is 1.03 bits per heavy atom. The lowest BCUT2D eigenvalue weighted by Crippen LogP contribution is -1.98. The van der Waals surface area contributed by atoms with Crippen LogP contribution < -0.4 is 0 Å². The molecule has 4 heteroatoms. The van der Waals surface area contributed by atoms with Crippen molar-refractivity contribution in [2.75, 3.05) is 0 Å². The van der Waals surface area contributed by atoms with Gasteiger partial charge in [0.2, 0.25) is 0 Å². The van der Waals surface area contributed by atoms with Gasteiger partial charge in [-0.3, -0.25) is 0 Å². The molecule has 0 unspecified atom stereocenters. The zero-order chi connectivity index (χ0) is 46.1. The predicted molar refractivity (Wildman–Crippen MR) is 293 cm³/mol. The van der Waals surface area contributed by atoms with E-state index in [0.717, 1.165) is 88.5 Å². The van der Waals surface area contributed by atoms with Gasteiger partial charge in [-0.1, -0.05) is 206 Å². The molecule has 70 heavy (non-hydrogen) atoms. The summed E-state index contributed by atoms with van der Waals surface area (Å²) in [6.07, 6.45) is 0. The molecule has 0 bridgehead atoms. The molecule has 14 aromatic rings. The number of benzene rings is 12. The van der Waals surface area contributed by atoms with Gasteiger partial charge in [-0.25, -0.2) is 19.9 Å². The highest BCUT2D eigenvalue weighted by molar-refractivity contribution is 6.12. The fourth-order valence-corrected chi connectivity index (χ4v) is 10.6. The van der Waals surface area contributed by atoms with Crippen molar-refractivity contribution in [1.82, 2.24) is 19.9 Å². The van der Waals surface area contributed by atoms with Crippen LogP contribution in [0.4, 0.5) is 0 Å². The summed E-state index contributed by atoms with van der Waals surface area (Å²) in [5, 5.41) is 14.1. The predicted octanol–water partition coefficient (Wildman–Crippen LogP) is 17.3. The van der Waals surface area contributed by atoms with E-state index in [1.807, 2.05) is 0 Å². The van der Waals surface area contributed by atoms with E-state index in [4.69, 9.17) is 19.9 Å². The van der Waals surface area contributed by atoms with E-state index in [1.165, 1.54) is 43.1 Å². The first-order valence-corrected chi connectivity index (χ1v) is 23.8. The van der Waals surface area contributed by atoms with Gasteiger partial charge in [-0.2, -0.15) is 0 Å². The van der Waals surface area contributed by atoms with Crippen LogP contribution in [0.1, 0.15) is 0 Å². The van der Waals surface area contributed by atoms with E-state index in [9.17, 15) is 0 Å². The molecule has 0 aliphatic heterocycles. The zero-order valence-electron chi connectivity index (χ0n) is 37.9. The first kappa shape index (κ1) is 39.8. The van der Waals surface area contributed by atoms with Crippen molar-refractivity contribution in [3.8, 4) is 67.5 Å². The Morgan fingerprint density at radius 1 is 0.200 bits per heavy atom. The van der Waals surface area contributed by atoms with Crippen LogP contribution in [0.3, 0.4) is 0 Å². The molecule has 14 rings (SSSR count). The monoisotopic (exact) mass is 888 g/mol. The van der Waals surface area contributed by atoms with Crippen LogP contribution >= 0.6 is 0 Å². The SMILES string of the molecule is c1cc(-c2ccc3c(ccc4ccccc43)c2)cc(-c2nc(-c3ccc(-c4nc(-c5cccc(-c6ccc7c(ccc8ccccc87)c6)c5)nc5ccccc45)c4ccccc34)c3ccccc3n2)c1. The second kappa shape index (κ2) is 16.2. The topological polar surface area (TPSA) is 51.6 Å². The Morgan fingerprint density at radius 2 is 0.557 bits per heavy atom. The van der Waals surface area contributed by atoms with E-state index < -0.39 is 0 Å². The van der Waals surface area contributed by atoms with Crippen molar-refractivity contribution in [2.24, 2.45) is 0 Å². The molecule has 0 fully saturated rings. The largest absolute Gasteiger partial charge is 0.228 e. The Balaban J connectivity index is 0.872. The van der Waals surface area contributed by atoms with Crippen LogP contribution in [-0.4, -0.2) is 19.9 Å². The number of hydrogen-bond acceptors (Lipinski definition) is 4. The van der Waals surface area contributed by atoms with E-state index in [-0.39, 0.29) is 0 Å². The molecule has 0 radical (unpaired) electrons. The fourth-order valence-electron chi connectivity index (χ4n) is 10.6. The van der Waals surface area contributed by atoms with Crippen LogP contribution in [0.25, 0.3) is 143 Å². The van der Waals surface area contributed by atoms with Crippen molar-refractivity contribution in [3.05, 3.63) is 243 Å². The van der Waals surface area contributed by atoms with Crippen LogP contribution in [0.5, 0.6) is 0 Å². The number of aromatic nitrogens is 4. The highest BCUT2D eigenvalue weighted by Gasteiger charge is 2.19. The lowest BCUT2D eigenvalue weighted by molar-refractivity contribution is 1.23. The first-order valence-electron chi connectivity index (χ1n) is 23.8. The lowest BCUT2D eigenvalue weighted by atomic mass is 9.93. The van der Waals surface area contributed by atoms with Crippen LogP contribution in [0.15, 0.2) is 243 Å². The third-order valence-electron chi connectivity index (χ3n) is 14.0. The number of fused-ring (bicyclic) bond motifs is 9. The van der Waals surface area contributed by atoms with Crippen molar-refractivity contribution < 1.29 is 0 Å². The van der Waals surface area contributed by atoms with Gasteiger partial charge in [0.05, 0.1) is 22.4 Å². The molecule has 0 atom stereocenters. The van der Waals surface area contributed by atoms with Crippen molar-refractivity contribution in [3.63, 3.8) is 0 Å². The van der Waals surface area contributed by atoms with Crippen LogP contribution in [0, 0.1) is 0 Å². The van der Waals surface area contributed by atoms with Gasteiger partial charge in [-0.15, -0.1) is 0 Å². The minimum Gasteiger partial charge on any atom is -0.228 e. The Bertz CT molecular complexity index is 4160. The quantitative estimate of drug-likeness (QED) is 0.156. The second-order valence-corrected chi connectivity index (χ2v) is 18.1. The van der Waals surface area contributed by atoms with Gasteiger partial charge < -0.3 is 0 Å². The lowest BCUT2D eigenvalue weighted by Gasteiger charge is -2.16. The van der Waals surface area contributed by atoms with Gasteiger partial charge >= 0.3 is 0 Å². The van der Waals surface area contributed by atoms with Gasteiger partial charge in [0.25, 0.3) is 0 Å². The zero-order valence-corrected chi connectivity index (χ0v) is 37.9. The number of rotatable bonds is 6. The smallest absolute Gasteiger partial charge is 0.160 e. The maximum absolute atomic E-state index is 5.44.